The van der Waals surface area contributed by atoms with Gasteiger partial charge in [-0.25, -0.2) is 0 Å². The number of rotatable bonds is 8. The predicted octanol–water partition coefficient (Wildman–Crippen LogP) is 3.55. The molecular formula is C21H24ClN3O3. The minimum absolute atomic E-state index is 0.0301. The maximum Gasteiger partial charge on any atom is 0.251 e. The van der Waals surface area contributed by atoms with Gasteiger partial charge in [0.05, 0.1) is 16.8 Å². The van der Waals surface area contributed by atoms with Crippen LogP contribution in [0.3, 0.4) is 0 Å². The highest BCUT2D eigenvalue weighted by Crippen LogP contribution is 2.26. The van der Waals surface area contributed by atoms with Gasteiger partial charge in [-0.3, -0.25) is 14.6 Å². The van der Waals surface area contributed by atoms with Crippen molar-refractivity contribution in [1.82, 2.24) is 10.6 Å². The molecule has 0 fully saturated rings. The highest BCUT2D eigenvalue weighted by Gasteiger charge is 2.21. The first-order valence-corrected chi connectivity index (χ1v) is 9.26. The fraction of sp³-hybridized carbons (Fsp3) is 0.286. The lowest BCUT2D eigenvalue weighted by molar-refractivity contribution is -0.122. The van der Waals surface area contributed by atoms with Crippen LogP contribution in [0.4, 0.5) is 5.69 Å². The lowest BCUT2D eigenvalue weighted by Crippen LogP contribution is -2.47. The number of likely N-dealkylation sites (N-methyl/N-ethyl adjacent to an activating group) is 1. The Balaban J connectivity index is 2.14. The van der Waals surface area contributed by atoms with Gasteiger partial charge in [0, 0.05) is 19.0 Å². The molecule has 2 N–H and O–H groups in total. The molecule has 2 aromatic rings. The normalized spacial score (nSPS) is 11.6. The summed E-state index contributed by atoms with van der Waals surface area (Å²) in [7, 11) is 1.53. The molecule has 0 aromatic heterocycles. The molecule has 28 heavy (non-hydrogen) atoms. The topological polar surface area (TPSA) is 79.8 Å². The van der Waals surface area contributed by atoms with E-state index >= 15 is 0 Å². The molecule has 0 aliphatic heterocycles. The summed E-state index contributed by atoms with van der Waals surface area (Å²) in [4.78, 5) is 28.7. The Labute approximate surface area is 170 Å². The molecule has 0 saturated carbocycles. The molecule has 0 aliphatic carbocycles. The maximum atomic E-state index is 12.6. The molecule has 2 aromatic carbocycles. The second kappa shape index (κ2) is 9.90. The smallest absolute Gasteiger partial charge is 0.251 e. The third-order valence-electron chi connectivity index (χ3n) is 3.98. The number of carbonyl (C=O) groups is 2. The van der Waals surface area contributed by atoms with Crippen LogP contribution in [0.5, 0.6) is 5.75 Å². The number of nitrogens with one attached hydrogen (secondary N) is 2. The van der Waals surface area contributed by atoms with Crippen LogP contribution >= 0.6 is 11.6 Å². The predicted molar refractivity (Wildman–Crippen MR) is 112 cm³/mol. The Kier molecular flexibility index (Phi) is 7.58. The standard InChI is InChI=1S/C21H24ClN3O3/c1-13(2)28-19-10-7-15(12-17(19)22)20(26)25-18(21(27)24-4)11-14-5-8-16(23-3)9-6-14/h5-10,12-13,18H,3,11H2,1-2,4H3,(H,24,27)(H,25,26). The van der Waals surface area contributed by atoms with Crippen molar-refractivity contribution in [3.8, 4) is 5.75 Å². The van der Waals surface area contributed by atoms with Crippen LogP contribution in [0.15, 0.2) is 47.5 Å². The number of benzene rings is 2. The summed E-state index contributed by atoms with van der Waals surface area (Å²) in [6, 6.07) is 11.4. The van der Waals surface area contributed by atoms with Gasteiger partial charge in [-0.2, -0.15) is 0 Å². The molecule has 0 bridgehead atoms. The van der Waals surface area contributed by atoms with Gasteiger partial charge in [-0.05, 0) is 56.5 Å². The van der Waals surface area contributed by atoms with Crippen LogP contribution in [-0.4, -0.2) is 37.7 Å². The fourth-order valence-corrected chi connectivity index (χ4v) is 2.81. The molecule has 148 valence electrons. The molecule has 0 radical (unpaired) electrons. The highest BCUT2D eigenvalue weighted by molar-refractivity contribution is 6.32. The van der Waals surface area contributed by atoms with Crippen molar-refractivity contribution in [3.05, 3.63) is 58.6 Å². The van der Waals surface area contributed by atoms with Crippen molar-refractivity contribution in [2.24, 2.45) is 4.99 Å². The molecule has 0 saturated heterocycles. The van der Waals surface area contributed by atoms with Gasteiger partial charge >= 0.3 is 0 Å². The molecule has 0 heterocycles. The van der Waals surface area contributed by atoms with Crippen molar-refractivity contribution in [2.45, 2.75) is 32.4 Å². The Morgan fingerprint density at radius 2 is 1.86 bits per heavy atom. The van der Waals surface area contributed by atoms with Gasteiger partial charge in [0.1, 0.15) is 11.8 Å². The van der Waals surface area contributed by atoms with Crippen molar-refractivity contribution in [1.29, 1.82) is 0 Å². The molecule has 6 nitrogen and oxygen atoms in total. The van der Waals surface area contributed by atoms with Crippen LogP contribution in [0.25, 0.3) is 0 Å². The summed E-state index contributed by atoms with van der Waals surface area (Å²) in [5.74, 6) is -0.173. The largest absolute Gasteiger partial charge is 0.489 e. The second-order valence-electron chi connectivity index (χ2n) is 6.48. The van der Waals surface area contributed by atoms with Crippen molar-refractivity contribution in [3.63, 3.8) is 0 Å². The zero-order valence-corrected chi connectivity index (χ0v) is 16.9. The van der Waals surface area contributed by atoms with E-state index in [2.05, 4.69) is 22.3 Å². The van der Waals surface area contributed by atoms with E-state index in [4.69, 9.17) is 16.3 Å². The average Bonchev–Trinajstić information content (AvgIpc) is 2.68. The summed E-state index contributed by atoms with van der Waals surface area (Å²) >= 11 is 6.20. The maximum absolute atomic E-state index is 12.6. The van der Waals surface area contributed by atoms with Crippen LogP contribution < -0.4 is 15.4 Å². The highest BCUT2D eigenvalue weighted by atomic mass is 35.5. The zero-order valence-electron chi connectivity index (χ0n) is 16.2. The van der Waals surface area contributed by atoms with E-state index in [1.165, 1.54) is 13.1 Å². The number of aliphatic imine (C=N–C) groups is 1. The first-order chi connectivity index (χ1) is 13.3. The Morgan fingerprint density at radius 3 is 2.39 bits per heavy atom. The third-order valence-corrected chi connectivity index (χ3v) is 4.28. The number of ether oxygens (including phenoxy) is 1. The number of amides is 2. The number of carbonyl (C=O) groups excluding carboxylic acids is 2. The molecule has 7 heteroatoms. The minimum atomic E-state index is -0.731. The molecule has 1 unspecified atom stereocenters. The zero-order chi connectivity index (χ0) is 20.7. The SMILES string of the molecule is C=Nc1ccc(CC(NC(=O)c2ccc(OC(C)C)c(Cl)c2)C(=O)NC)cc1. The first kappa shape index (κ1) is 21.4. The summed E-state index contributed by atoms with van der Waals surface area (Å²) in [5, 5.41) is 5.68. The van der Waals surface area contributed by atoms with Crippen molar-refractivity contribution < 1.29 is 14.3 Å². The third kappa shape index (κ3) is 5.82. The lowest BCUT2D eigenvalue weighted by Gasteiger charge is -2.18. The van der Waals surface area contributed by atoms with Gasteiger partial charge in [0.25, 0.3) is 5.91 Å². The van der Waals surface area contributed by atoms with Gasteiger partial charge in [-0.15, -0.1) is 0 Å². The van der Waals surface area contributed by atoms with E-state index in [0.717, 1.165) is 11.3 Å². The van der Waals surface area contributed by atoms with E-state index in [-0.39, 0.29) is 12.0 Å². The number of nitrogens with zero attached hydrogens (tertiary/aromatic N) is 1. The number of halogens is 1. The average molecular weight is 402 g/mol. The lowest BCUT2D eigenvalue weighted by atomic mass is 10.0. The van der Waals surface area contributed by atoms with Crippen LogP contribution in [-0.2, 0) is 11.2 Å². The van der Waals surface area contributed by atoms with Gasteiger partial charge in [0.2, 0.25) is 5.91 Å². The Hall–Kier alpha value is -2.86. The van der Waals surface area contributed by atoms with Crippen LogP contribution in [0.2, 0.25) is 5.02 Å². The van der Waals surface area contributed by atoms with Crippen molar-refractivity contribution in [2.75, 3.05) is 7.05 Å². The summed E-state index contributed by atoms with van der Waals surface area (Å²) in [5.41, 5.74) is 1.98. The van der Waals surface area contributed by atoms with Crippen molar-refractivity contribution >= 4 is 35.8 Å². The minimum Gasteiger partial charge on any atom is -0.489 e. The Bertz CT molecular complexity index is 850. The fourth-order valence-electron chi connectivity index (χ4n) is 2.59. The van der Waals surface area contributed by atoms with E-state index in [1.54, 1.807) is 24.3 Å². The van der Waals surface area contributed by atoms with Gasteiger partial charge in [-0.1, -0.05) is 23.7 Å². The molecule has 0 spiro atoms. The summed E-state index contributed by atoms with van der Waals surface area (Å²) < 4.78 is 5.57. The second-order valence-corrected chi connectivity index (χ2v) is 6.89. The monoisotopic (exact) mass is 401 g/mol. The number of hydrogen-bond acceptors (Lipinski definition) is 4. The van der Waals surface area contributed by atoms with Gasteiger partial charge in [0.15, 0.2) is 0 Å². The van der Waals surface area contributed by atoms with Gasteiger partial charge < -0.3 is 15.4 Å². The summed E-state index contributed by atoms with van der Waals surface area (Å²) in [6.45, 7) is 7.26. The molecule has 2 amide bonds. The molecule has 0 aliphatic rings. The van der Waals surface area contributed by atoms with Crippen LogP contribution in [0.1, 0.15) is 29.8 Å². The molecule has 2 rings (SSSR count). The van der Waals surface area contributed by atoms with E-state index in [9.17, 15) is 9.59 Å². The molecule has 1 atom stereocenters. The summed E-state index contributed by atoms with van der Waals surface area (Å²) in [6.07, 6.45) is 0.308. The quantitative estimate of drug-likeness (QED) is 0.664. The van der Waals surface area contributed by atoms with E-state index in [1.807, 2.05) is 26.0 Å². The van der Waals surface area contributed by atoms with E-state index < -0.39 is 11.9 Å². The van der Waals surface area contributed by atoms with Crippen LogP contribution in [0, 0.1) is 0 Å². The van der Waals surface area contributed by atoms with E-state index in [0.29, 0.717) is 22.8 Å². The first-order valence-electron chi connectivity index (χ1n) is 8.88. The Morgan fingerprint density at radius 1 is 1.18 bits per heavy atom. The number of hydrogen-bond donors (Lipinski definition) is 2. The molecular weight excluding hydrogens is 378 g/mol.